The summed E-state index contributed by atoms with van der Waals surface area (Å²) in [6.45, 7) is 0.137. The number of nitrogens with zero attached hydrogens (tertiary/aromatic N) is 4. The van der Waals surface area contributed by atoms with Crippen LogP contribution in [0.3, 0.4) is 0 Å². The third-order valence-corrected chi connectivity index (χ3v) is 7.32. The van der Waals surface area contributed by atoms with Gasteiger partial charge in [-0.25, -0.2) is 17.9 Å². The van der Waals surface area contributed by atoms with E-state index in [-0.39, 0.29) is 23.8 Å². The Labute approximate surface area is 215 Å². The number of hydrogen-bond donors (Lipinski definition) is 3. The largest absolute Gasteiger partial charge is 0.394 e. The summed E-state index contributed by atoms with van der Waals surface area (Å²) < 4.78 is 60.3. The molecule has 14 heteroatoms. The van der Waals surface area contributed by atoms with Gasteiger partial charge in [-0.1, -0.05) is 5.21 Å². The molecule has 1 aromatic heterocycles. The number of ether oxygens (including phenoxy) is 3. The molecule has 3 aliphatic heterocycles. The van der Waals surface area contributed by atoms with Gasteiger partial charge >= 0.3 is 0 Å². The number of benzene rings is 1. The van der Waals surface area contributed by atoms with E-state index in [2.05, 4.69) is 10.3 Å². The highest BCUT2D eigenvalue weighted by atomic mass is 19.2. The number of rotatable bonds is 6. The second kappa shape index (κ2) is 10.9. The summed E-state index contributed by atoms with van der Waals surface area (Å²) in [5, 5.41) is 38.7. The Balaban J connectivity index is 1.45. The van der Waals surface area contributed by atoms with Crippen molar-refractivity contribution < 1.29 is 47.5 Å². The molecule has 2 aromatic rings. The molecule has 1 spiro atoms. The molecule has 1 amide bonds. The second-order valence-electron chi connectivity index (χ2n) is 9.77. The van der Waals surface area contributed by atoms with E-state index in [4.69, 9.17) is 14.2 Å². The molecule has 3 aliphatic rings. The lowest BCUT2D eigenvalue weighted by Crippen LogP contribution is -2.63. The topological polar surface area (TPSA) is 139 Å². The van der Waals surface area contributed by atoms with Crippen LogP contribution in [0.2, 0.25) is 0 Å². The molecular weight excluding hydrogens is 513 g/mol. The lowest BCUT2D eigenvalue weighted by Gasteiger charge is -2.49. The SMILES string of the molecule is O=C(CO[C@H]1[C@@H](n2cc(-c3cc(F)c(F)c(F)c3)nn2)[C@@H](O)[C@@H](CO)O[C@@]12CCCO2)N1CCC(O)CC1. The summed E-state index contributed by atoms with van der Waals surface area (Å²) in [7, 11) is 0. The van der Waals surface area contributed by atoms with Crippen molar-refractivity contribution in [2.45, 2.75) is 61.9 Å². The number of halogens is 3. The van der Waals surface area contributed by atoms with E-state index in [0.29, 0.717) is 45.4 Å². The zero-order valence-electron chi connectivity index (χ0n) is 20.4. The highest BCUT2D eigenvalue weighted by Gasteiger charge is 2.58. The molecule has 5 rings (SSSR count). The standard InChI is InChI=1S/C24H29F3N4O7/c25-15-8-13(9-16(26)20(15)27)17-10-31(29-28-17)21-22(35)18(11-32)38-24(4-1-7-37-24)23(21)36-12-19(34)30-5-2-14(33)3-6-30/h8-10,14,18,21-23,32-33,35H,1-7,11-12H2/t18-,21+,22+,23+,24+/m1/s1. The van der Waals surface area contributed by atoms with Crippen molar-refractivity contribution in [2.75, 3.05) is 32.9 Å². The molecule has 0 unspecified atom stereocenters. The van der Waals surface area contributed by atoms with Crippen LogP contribution in [-0.4, -0.2) is 104 Å². The Morgan fingerprint density at radius 1 is 1.18 bits per heavy atom. The van der Waals surface area contributed by atoms with Gasteiger partial charge in [0.25, 0.3) is 0 Å². The van der Waals surface area contributed by atoms with Crippen molar-refractivity contribution in [3.63, 3.8) is 0 Å². The lowest BCUT2D eigenvalue weighted by atomic mass is 9.88. The smallest absolute Gasteiger partial charge is 0.248 e. The fourth-order valence-corrected chi connectivity index (χ4v) is 5.30. The van der Waals surface area contributed by atoms with E-state index < -0.39 is 60.3 Å². The van der Waals surface area contributed by atoms with E-state index in [9.17, 15) is 33.3 Å². The number of carbonyl (C=O) groups excluding carboxylic acids is 1. The zero-order chi connectivity index (χ0) is 27.0. The van der Waals surface area contributed by atoms with Crippen molar-refractivity contribution in [1.82, 2.24) is 19.9 Å². The van der Waals surface area contributed by atoms with Gasteiger partial charge in [-0.05, 0) is 31.4 Å². The first kappa shape index (κ1) is 27.0. The Morgan fingerprint density at radius 2 is 1.89 bits per heavy atom. The van der Waals surface area contributed by atoms with Crippen LogP contribution < -0.4 is 0 Å². The predicted octanol–water partition coefficient (Wildman–Crippen LogP) is 0.531. The van der Waals surface area contributed by atoms with Gasteiger partial charge in [-0.2, -0.15) is 0 Å². The van der Waals surface area contributed by atoms with Gasteiger partial charge in [0.15, 0.2) is 23.2 Å². The summed E-state index contributed by atoms with van der Waals surface area (Å²) in [6.07, 6.45) is -0.880. The summed E-state index contributed by atoms with van der Waals surface area (Å²) in [4.78, 5) is 14.5. The van der Waals surface area contributed by atoms with Crippen LogP contribution >= 0.6 is 0 Å². The molecule has 1 aromatic carbocycles. The van der Waals surface area contributed by atoms with E-state index in [1.165, 1.54) is 10.9 Å². The molecule has 3 fully saturated rings. The fraction of sp³-hybridized carbons (Fsp3) is 0.625. The van der Waals surface area contributed by atoms with Crippen LogP contribution in [0.15, 0.2) is 18.3 Å². The van der Waals surface area contributed by atoms with Crippen molar-refractivity contribution in [3.8, 4) is 11.3 Å². The maximum absolute atomic E-state index is 13.8. The Bertz CT molecular complexity index is 1130. The average Bonchev–Trinajstić information content (AvgIpc) is 3.58. The normalized spacial score (nSPS) is 30.3. The van der Waals surface area contributed by atoms with Gasteiger partial charge in [-0.15, -0.1) is 5.10 Å². The average molecular weight is 543 g/mol. The van der Waals surface area contributed by atoms with E-state index in [1.807, 2.05) is 0 Å². The molecule has 208 valence electrons. The van der Waals surface area contributed by atoms with Crippen LogP contribution in [0.4, 0.5) is 13.2 Å². The second-order valence-corrected chi connectivity index (χ2v) is 9.77. The third kappa shape index (κ3) is 5.03. The molecule has 3 saturated heterocycles. The molecule has 5 atom stereocenters. The fourth-order valence-electron chi connectivity index (χ4n) is 5.30. The van der Waals surface area contributed by atoms with E-state index >= 15 is 0 Å². The highest BCUT2D eigenvalue weighted by Crippen LogP contribution is 2.44. The first-order chi connectivity index (χ1) is 18.2. The van der Waals surface area contributed by atoms with Gasteiger partial charge in [0.2, 0.25) is 5.91 Å². The minimum Gasteiger partial charge on any atom is -0.394 e. The summed E-state index contributed by atoms with van der Waals surface area (Å²) >= 11 is 0. The van der Waals surface area contributed by atoms with Crippen LogP contribution in [0, 0.1) is 17.5 Å². The Kier molecular flexibility index (Phi) is 7.71. The molecule has 0 bridgehead atoms. The van der Waals surface area contributed by atoms with Gasteiger partial charge in [0.1, 0.15) is 36.7 Å². The minimum atomic E-state index is -1.62. The number of carbonyl (C=O) groups is 1. The first-order valence-electron chi connectivity index (χ1n) is 12.5. The summed E-state index contributed by atoms with van der Waals surface area (Å²) in [6, 6.07) is 0.465. The minimum absolute atomic E-state index is 0.00914. The third-order valence-electron chi connectivity index (χ3n) is 7.32. The summed E-state index contributed by atoms with van der Waals surface area (Å²) in [5.41, 5.74) is -0.0928. The van der Waals surface area contributed by atoms with E-state index in [0.717, 1.165) is 12.1 Å². The number of aliphatic hydroxyl groups excluding tert-OH is 3. The van der Waals surface area contributed by atoms with Crippen molar-refractivity contribution >= 4 is 5.91 Å². The van der Waals surface area contributed by atoms with Crippen LogP contribution in [0.25, 0.3) is 11.3 Å². The maximum Gasteiger partial charge on any atom is 0.248 e. The monoisotopic (exact) mass is 542 g/mol. The maximum atomic E-state index is 13.8. The molecule has 0 saturated carbocycles. The lowest BCUT2D eigenvalue weighted by molar-refractivity contribution is -0.345. The number of amides is 1. The molecule has 4 heterocycles. The molecule has 0 aliphatic carbocycles. The summed E-state index contributed by atoms with van der Waals surface area (Å²) in [5.74, 6) is -6.14. The quantitative estimate of drug-likeness (QED) is 0.446. The number of hydrogen-bond acceptors (Lipinski definition) is 9. The number of likely N-dealkylation sites (tertiary alicyclic amines) is 1. The van der Waals surface area contributed by atoms with Gasteiger partial charge < -0.3 is 34.4 Å². The predicted molar refractivity (Wildman–Crippen MR) is 122 cm³/mol. The van der Waals surface area contributed by atoms with Gasteiger partial charge in [-0.3, -0.25) is 4.79 Å². The van der Waals surface area contributed by atoms with Crippen LogP contribution in [0.1, 0.15) is 31.7 Å². The molecule has 3 N–H and O–H groups in total. The van der Waals surface area contributed by atoms with Gasteiger partial charge in [0.05, 0.1) is 25.5 Å². The molecule has 11 nitrogen and oxygen atoms in total. The Morgan fingerprint density at radius 3 is 2.53 bits per heavy atom. The Hall–Kier alpha value is -2.62. The number of piperidine rings is 1. The van der Waals surface area contributed by atoms with Crippen LogP contribution in [-0.2, 0) is 19.0 Å². The number of aromatic nitrogens is 3. The van der Waals surface area contributed by atoms with Crippen molar-refractivity contribution in [1.29, 1.82) is 0 Å². The molecule has 0 radical (unpaired) electrons. The highest BCUT2D eigenvalue weighted by molar-refractivity contribution is 5.77. The van der Waals surface area contributed by atoms with Crippen molar-refractivity contribution in [2.24, 2.45) is 0 Å². The number of aliphatic hydroxyl groups is 3. The van der Waals surface area contributed by atoms with Gasteiger partial charge in [0, 0.05) is 25.1 Å². The van der Waals surface area contributed by atoms with Crippen LogP contribution in [0.5, 0.6) is 0 Å². The molecular formula is C24H29F3N4O7. The van der Waals surface area contributed by atoms with E-state index in [1.54, 1.807) is 4.90 Å². The van der Waals surface area contributed by atoms with Crippen molar-refractivity contribution in [3.05, 3.63) is 35.8 Å². The molecule has 38 heavy (non-hydrogen) atoms. The zero-order valence-corrected chi connectivity index (χ0v) is 20.4. The first-order valence-corrected chi connectivity index (χ1v) is 12.5.